The Labute approximate surface area is 269 Å². The lowest BCUT2D eigenvalue weighted by Crippen LogP contribution is -2.61. The number of nitrogens with one attached hydrogen (secondary N) is 8. The Balaban J connectivity index is 0.00000267. The summed E-state index contributed by atoms with van der Waals surface area (Å²) in [6.45, 7) is 0. The van der Waals surface area contributed by atoms with Gasteiger partial charge in [0, 0.05) is 11.3 Å². The lowest BCUT2D eigenvalue weighted by Gasteiger charge is -2.37. The van der Waals surface area contributed by atoms with E-state index in [2.05, 4.69) is 42.5 Å². The Hall–Kier alpha value is 0.502. The van der Waals surface area contributed by atoms with E-state index in [0.29, 0.717) is 78.7 Å². The van der Waals surface area contributed by atoms with Crippen LogP contribution >= 0.6 is 11.6 Å². The van der Waals surface area contributed by atoms with Crippen LogP contribution in [0.25, 0.3) is 0 Å². The van der Waals surface area contributed by atoms with Crippen molar-refractivity contribution in [3.8, 4) is 0 Å². The summed E-state index contributed by atoms with van der Waals surface area (Å²) in [6, 6.07) is 0. The van der Waals surface area contributed by atoms with E-state index in [4.69, 9.17) is 11.6 Å². The summed E-state index contributed by atoms with van der Waals surface area (Å²) in [4.78, 5) is 0. The van der Waals surface area contributed by atoms with Gasteiger partial charge in [0.25, 0.3) is 0 Å². The van der Waals surface area contributed by atoms with Crippen molar-refractivity contribution in [3.05, 3.63) is 0 Å². The average Bonchev–Trinajstić information content (AvgIpc) is 3.73. The van der Waals surface area contributed by atoms with Crippen LogP contribution < -0.4 is 42.5 Å². The van der Waals surface area contributed by atoms with Gasteiger partial charge in [-0.3, -0.25) is 42.5 Å². The maximum absolute atomic E-state index is 7.19. The van der Waals surface area contributed by atoms with Crippen molar-refractivity contribution in [2.75, 3.05) is 0 Å². The summed E-state index contributed by atoms with van der Waals surface area (Å²) < 4.78 is 0. The van der Waals surface area contributed by atoms with Crippen LogP contribution in [0, 0.1) is 47.3 Å². The highest BCUT2D eigenvalue weighted by Crippen LogP contribution is 2.46. The first-order chi connectivity index (χ1) is 20.2. The van der Waals surface area contributed by atoms with E-state index in [9.17, 15) is 0 Å². The third-order valence-corrected chi connectivity index (χ3v) is 14.3. The molecule has 5 aliphatic heterocycles. The van der Waals surface area contributed by atoms with Gasteiger partial charge in [0.2, 0.25) is 0 Å². The largest absolute Gasteiger partial charge is 0.286 e. The van der Waals surface area contributed by atoms with Crippen molar-refractivity contribution in [1.82, 2.24) is 42.5 Å². The molecule has 9 rings (SSSR count). The molecule has 0 aromatic heterocycles. The highest BCUT2D eigenvalue weighted by molar-refractivity contribution is 6.20. The summed E-state index contributed by atoms with van der Waals surface area (Å²) >= 11 is 7.19. The summed E-state index contributed by atoms with van der Waals surface area (Å²) in [7, 11) is 0. The minimum absolute atomic E-state index is 0. The van der Waals surface area contributed by atoms with Crippen molar-refractivity contribution in [1.29, 1.82) is 0 Å². The van der Waals surface area contributed by atoms with Crippen molar-refractivity contribution >= 4 is 29.0 Å². The van der Waals surface area contributed by atoms with Gasteiger partial charge in [-0.05, 0) is 92.8 Å². The lowest BCUT2D eigenvalue weighted by atomic mass is 9.76. The number of halogens is 1. The van der Waals surface area contributed by atoms with Crippen LogP contribution in [0.3, 0.4) is 0 Å². The lowest BCUT2D eigenvalue weighted by molar-refractivity contribution is 0.168. The summed E-state index contributed by atoms with van der Waals surface area (Å²) in [5, 5.41) is 33.8. The van der Waals surface area contributed by atoms with E-state index in [1.807, 2.05) is 0 Å². The number of fused-ring (bicyclic) bond motifs is 20. The van der Waals surface area contributed by atoms with E-state index in [0.717, 1.165) is 18.3 Å². The van der Waals surface area contributed by atoms with Crippen LogP contribution in [0.5, 0.6) is 0 Å². The second-order valence-corrected chi connectivity index (χ2v) is 16.2. The number of hydrogen-bond acceptors (Lipinski definition) is 8. The standard InChI is InChI=1S/C32H55ClN8.Al.3H/c33-23-15-7-14-22-24(23)32-40-30-21-13-6-5-12-20(21)28(38-30)36-26-17-9-2-1-8-16(17)25(34-26)35-27-18-10-3-4-11-19(18)29(37-27)39-31(22)41-32;;;;/h16-32,34-41H,1-15H2;;;;. The van der Waals surface area contributed by atoms with E-state index >= 15 is 0 Å². The predicted octanol–water partition coefficient (Wildman–Crippen LogP) is 1.64. The van der Waals surface area contributed by atoms with Crippen molar-refractivity contribution in [2.24, 2.45) is 47.3 Å². The summed E-state index contributed by atoms with van der Waals surface area (Å²) in [6.07, 6.45) is 22.9. The third-order valence-electron chi connectivity index (χ3n) is 13.8. The molecule has 8 nitrogen and oxygen atoms in total. The van der Waals surface area contributed by atoms with Gasteiger partial charge in [-0.1, -0.05) is 44.9 Å². The molecule has 17 atom stereocenters. The quantitative estimate of drug-likeness (QED) is 0.154. The molecule has 9 aliphatic rings. The molecule has 8 N–H and O–H groups in total. The molecule has 0 radical (unpaired) electrons. The molecule has 8 bridgehead atoms. The van der Waals surface area contributed by atoms with Crippen LogP contribution in [-0.2, 0) is 0 Å². The van der Waals surface area contributed by atoms with Crippen molar-refractivity contribution in [3.63, 3.8) is 0 Å². The molecule has 5 heterocycles. The number of rotatable bonds is 0. The van der Waals surface area contributed by atoms with E-state index in [-0.39, 0.29) is 28.9 Å². The molecule has 0 aromatic rings. The molecule has 236 valence electrons. The Bertz CT molecular complexity index is 959. The molecular formula is C32H58AlClN8. The molecule has 0 aromatic carbocycles. The summed E-state index contributed by atoms with van der Waals surface area (Å²) in [5.41, 5.74) is 0. The Morgan fingerprint density at radius 2 is 0.571 bits per heavy atom. The van der Waals surface area contributed by atoms with Crippen LogP contribution in [0.15, 0.2) is 0 Å². The fourth-order valence-electron chi connectivity index (χ4n) is 12.0. The SMILES string of the molecule is ClC1CCCC2C3NC4NC(NC5NC(NC6NC(NC(N3)C12)C1CCCCC61)C1CCCCC51)C1CCCCC41.[AlH3]. The number of hydrogen-bond donors (Lipinski definition) is 8. The molecule has 17 unspecified atom stereocenters. The zero-order chi connectivity index (χ0) is 27.1. The van der Waals surface area contributed by atoms with Crippen molar-refractivity contribution < 1.29 is 0 Å². The highest BCUT2D eigenvalue weighted by Gasteiger charge is 2.55. The van der Waals surface area contributed by atoms with Crippen LogP contribution in [0.4, 0.5) is 0 Å². The van der Waals surface area contributed by atoms with Gasteiger partial charge >= 0.3 is 0 Å². The molecular weight excluding hydrogens is 559 g/mol. The monoisotopic (exact) mass is 616 g/mol. The van der Waals surface area contributed by atoms with Crippen LogP contribution in [0.2, 0.25) is 0 Å². The minimum Gasteiger partial charge on any atom is -0.286 e. The molecule has 5 saturated heterocycles. The van der Waals surface area contributed by atoms with Crippen molar-refractivity contribution in [2.45, 2.75) is 151 Å². The van der Waals surface area contributed by atoms with E-state index in [1.165, 1.54) is 89.9 Å². The molecule has 4 aliphatic carbocycles. The molecule has 0 spiro atoms. The first kappa shape index (κ1) is 29.9. The fourth-order valence-corrected chi connectivity index (χ4v) is 12.5. The maximum Gasteiger partial charge on any atom is 0.187 e. The summed E-state index contributed by atoms with van der Waals surface area (Å²) in [5.74, 6) is 5.34. The van der Waals surface area contributed by atoms with E-state index in [1.54, 1.807) is 0 Å². The second kappa shape index (κ2) is 12.3. The van der Waals surface area contributed by atoms with Gasteiger partial charge in [0.05, 0.1) is 49.3 Å². The van der Waals surface area contributed by atoms with Crippen LogP contribution in [0.1, 0.15) is 96.3 Å². The molecule has 10 heteroatoms. The fraction of sp³-hybridized carbons (Fsp3) is 1.00. The van der Waals surface area contributed by atoms with Gasteiger partial charge in [0.1, 0.15) is 0 Å². The number of alkyl halides is 1. The zero-order valence-electron chi connectivity index (χ0n) is 24.8. The van der Waals surface area contributed by atoms with Gasteiger partial charge in [-0.25, -0.2) is 0 Å². The Morgan fingerprint density at radius 1 is 0.310 bits per heavy atom. The van der Waals surface area contributed by atoms with Gasteiger partial charge in [0.15, 0.2) is 17.4 Å². The second-order valence-electron chi connectivity index (χ2n) is 15.7. The molecule has 9 fully saturated rings. The van der Waals surface area contributed by atoms with Gasteiger partial charge < -0.3 is 0 Å². The average molecular weight is 617 g/mol. The third kappa shape index (κ3) is 5.08. The van der Waals surface area contributed by atoms with Gasteiger partial charge in [-0.2, -0.15) is 0 Å². The minimum atomic E-state index is 0. The molecule has 0 amide bonds. The first-order valence-electron chi connectivity index (χ1n) is 17.9. The Morgan fingerprint density at radius 3 is 0.905 bits per heavy atom. The van der Waals surface area contributed by atoms with E-state index < -0.39 is 0 Å². The first-order valence-corrected chi connectivity index (χ1v) is 18.4. The zero-order valence-corrected chi connectivity index (χ0v) is 25.6. The molecule has 4 saturated carbocycles. The normalized spacial score (nSPS) is 56.9. The van der Waals surface area contributed by atoms with Gasteiger partial charge in [-0.15, -0.1) is 11.6 Å². The van der Waals surface area contributed by atoms with Crippen LogP contribution in [-0.4, -0.2) is 72.1 Å². The molecule has 42 heavy (non-hydrogen) atoms. The Kier molecular flexibility index (Phi) is 8.72. The topological polar surface area (TPSA) is 96.2 Å². The smallest absolute Gasteiger partial charge is 0.187 e. The predicted molar refractivity (Wildman–Crippen MR) is 172 cm³/mol. The maximum atomic E-state index is 7.19. The highest BCUT2D eigenvalue weighted by atomic mass is 35.5.